The molecule has 2 aromatic rings. The summed E-state index contributed by atoms with van der Waals surface area (Å²) in [7, 11) is 1.73. The molecule has 2 rings (SSSR count). The van der Waals surface area contributed by atoms with Gasteiger partial charge in [-0.25, -0.2) is 9.97 Å². The molecule has 1 atom stereocenters. The third-order valence-electron chi connectivity index (χ3n) is 2.57. The summed E-state index contributed by atoms with van der Waals surface area (Å²) in [4.78, 5) is 24.2. The molecule has 2 N–H and O–H groups in total. The fourth-order valence-corrected chi connectivity index (χ4v) is 2.20. The third-order valence-corrected chi connectivity index (χ3v) is 3.57. The lowest BCUT2D eigenvalue weighted by atomic mass is 10.2. The van der Waals surface area contributed by atoms with Gasteiger partial charge in [0.25, 0.3) is 5.91 Å². The van der Waals surface area contributed by atoms with Crippen LogP contribution in [0.3, 0.4) is 0 Å². The van der Waals surface area contributed by atoms with Gasteiger partial charge in [-0.3, -0.25) is 9.78 Å². The first kappa shape index (κ1) is 13.4. The second-order valence-electron chi connectivity index (χ2n) is 4.02. The van der Waals surface area contributed by atoms with E-state index in [9.17, 15) is 4.79 Å². The molecule has 0 spiro atoms. The van der Waals surface area contributed by atoms with E-state index in [1.165, 1.54) is 6.20 Å². The van der Waals surface area contributed by atoms with Crippen molar-refractivity contribution in [1.82, 2.24) is 20.3 Å². The average molecular weight is 277 g/mol. The first-order valence-electron chi connectivity index (χ1n) is 5.88. The van der Waals surface area contributed by atoms with Crippen LogP contribution >= 0.6 is 11.3 Å². The summed E-state index contributed by atoms with van der Waals surface area (Å²) in [5.41, 5.74) is 0.304. The third kappa shape index (κ3) is 3.47. The largest absolute Gasteiger partial charge is 0.372 e. The number of carbonyl (C=O) groups is 1. The van der Waals surface area contributed by atoms with Crippen molar-refractivity contribution in [3.63, 3.8) is 0 Å². The van der Waals surface area contributed by atoms with E-state index in [1.807, 2.05) is 12.3 Å². The van der Waals surface area contributed by atoms with E-state index in [-0.39, 0.29) is 11.8 Å². The Bertz CT molecular complexity index is 543. The van der Waals surface area contributed by atoms with Gasteiger partial charge in [0.1, 0.15) is 11.5 Å². The zero-order valence-corrected chi connectivity index (χ0v) is 11.6. The summed E-state index contributed by atoms with van der Waals surface area (Å²) in [6.07, 6.45) is 4.78. The van der Waals surface area contributed by atoms with Gasteiger partial charge in [-0.2, -0.15) is 0 Å². The molecule has 0 aliphatic rings. The van der Waals surface area contributed by atoms with Crippen LogP contribution in [0.1, 0.15) is 28.3 Å². The highest BCUT2D eigenvalue weighted by Crippen LogP contribution is 2.16. The van der Waals surface area contributed by atoms with Crippen molar-refractivity contribution in [3.8, 4) is 0 Å². The van der Waals surface area contributed by atoms with E-state index in [0.717, 1.165) is 5.01 Å². The number of hydrogen-bond acceptors (Lipinski definition) is 6. The molecular weight excluding hydrogens is 262 g/mol. The van der Waals surface area contributed by atoms with Crippen molar-refractivity contribution < 1.29 is 4.79 Å². The Morgan fingerprint density at radius 2 is 2.32 bits per heavy atom. The average Bonchev–Trinajstić information content (AvgIpc) is 2.98. The second kappa shape index (κ2) is 6.24. The van der Waals surface area contributed by atoms with E-state index in [4.69, 9.17) is 0 Å². The second-order valence-corrected chi connectivity index (χ2v) is 4.95. The summed E-state index contributed by atoms with van der Waals surface area (Å²) in [5, 5.41) is 8.62. The molecule has 19 heavy (non-hydrogen) atoms. The Balaban J connectivity index is 1.94. The number of thiazole rings is 1. The van der Waals surface area contributed by atoms with Crippen LogP contribution in [0.15, 0.2) is 24.0 Å². The molecule has 0 aromatic carbocycles. The Hall–Kier alpha value is -2.02. The molecule has 1 unspecified atom stereocenters. The topological polar surface area (TPSA) is 79.8 Å². The number of aromatic nitrogens is 3. The molecule has 0 saturated carbocycles. The van der Waals surface area contributed by atoms with Gasteiger partial charge in [-0.15, -0.1) is 11.3 Å². The number of nitrogens with zero attached hydrogens (tertiary/aromatic N) is 3. The van der Waals surface area contributed by atoms with Gasteiger partial charge in [-0.05, 0) is 0 Å². The zero-order valence-electron chi connectivity index (χ0n) is 10.8. The molecule has 2 heterocycles. The van der Waals surface area contributed by atoms with Crippen molar-refractivity contribution >= 4 is 23.1 Å². The Labute approximate surface area is 115 Å². The first-order chi connectivity index (χ1) is 9.20. The highest BCUT2D eigenvalue weighted by Gasteiger charge is 2.12. The zero-order chi connectivity index (χ0) is 13.7. The lowest BCUT2D eigenvalue weighted by Crippen LogP contribution is -2.28. The number of hydrogen-bond donors (Lipinski definition) is 2. The summed E-state index contributed by atoms with van der Waals surface area (Å²) in [6.45, 7) is 2.55. The van der Waals surface area contributed by atoms with Gasteiger partial charge in [0.15, 0.2) is 0 Å². The van der Waals surface area contributed by atoms with Crippen LogP contribution in [0.2, 0.25) is 0 Å². The summed E-state index contributed by atoms with van der Waals surface area (Å²) < 4.78 is 0. The van der Waals surface area contributed by atoms with E-state index in [2.05, 4.69) is 25.6 Å². The number of amides is 1. The van der Waals surface area contributed by atoms with Crippen LogP contribution in [0.4, 0.5) is 5.82 Å². The van der Waals surface area contributed by atoms with Crippen LogP contribution < -0.4 is 10.6 Å². The lowest BCUT2D eigenvalue weighted by molar-refractivity contribution is 0.0946. The van der Waals surface area contributed by atoms with Crippen molar-refractivity contribution in [2.75, 3.05) is 18.9 Å². The molecular formula is C12H15N5OS. The maximum atomic E-state index is 11.9. The first-order valence-corrected chi connectivity index (χ1v) is 6.76. The minimum Gasteiger partial charge on any atom is -0.372 e. The monoisotopic (exact) mass is 277 g/mol. The SMILES string of the molecule is CNc1cncc(C(=O)NCC(C)c2nccs2)n1. The highest BCUT2D eigenvalue weighted by atomic mass is 32.1. The molecule has 0 saturated heterocycles. The Morgan fingerprint density at radius 3 is 3.00 bits per heavy atom. The van der Waals surface area contributed by atoms with E-state index in [1.54, 1.807) is 30.8 Å². The van der Waals surface area contributed by atoms with Crippen molar-refractivity contribution in [1.29, 1.82) is 0 Å². The Kier molecular flexibility index (Phi) is 4.40. The highest BCUT2D eigenvalue weighted by molar-refractivity contribution is 7.09. The molecule has 0 fully saturated rings. The summed E-state index contributed by atoms with van der Waals surface area (Å²) in [6, 6.07) is 0. The van der Waals surface area contributed by atoms with Crippen LogP contribution in [0.5, 0.6) is 0 Å². The number of nitrogens with one attached hydrogen (secondary N) is 2. The fraction of sp³-hybridized carbons (Fsp3) is 0.333. The lowest BCUT2D eigenvalue weighted by Gasteiger charge is -2.10. The van der Waals surface area contributed by atoms with Crippen LogP contribution in [-0.2, 0) is 0 Å². The van der Waals surface area contributed by atoms with Gasteiger partial charge in [0, 0.05) is 31.1 Å². The number of rotatable bonds is 5. The summed E-state index contributed by atoms with van der Waals surface area (Å²) in [5.74, 6) is 0.526. The quantitative estimate of drug-likeness (QED) is 0.866. The van der Waals surface area contributed by atoms with Crippen molar-refractivity contribution in [2.24, 2.45) is 0 Å². The van der Waals surface area contributed by atoms with E-state index >= 15 is 0 Å². The number of carbonyl (C=O) groups excluding carboxylic acids is 1. The fourth-order valence-electron chi connectivity index (χ4n) is 1.50. The maximum absolute atomic E-state index is 11.9. The van der Waals surface area contributed by atoms with Crippen LogP contribution in [-0.4, -0.2) is 34.5 Å². The molecule has 0 aliphatic carbocycles. The number of anilines is 1. The normalized spacial score (nSPS) is 11.9. The minimum absolute atomic E-state index is 0.185. The molecule has 2 aromatic heterocycles. The van der Waals surface area contributed by atoms with Gasteiger partial charge in [0.05, 0.1) is 17.4 Å². The van der Waals surface area contributed by atoms with Gasteiger partial charge >= 0.3 is 0 Å². The summed E-state index contributed by atoms with van der Waals surface area (Å²) >= 11 is 1.58. The predicted molar refractivity (Wildman–Crippen MR) is 74.4 cm³/mol. The molecule has 0 aliphatic heterocycles. The van der Waals surface area contributed by atoms with Gasteiger partial charge in [0.2, 0.25) is 0 Å². The maximum Gasteiger partial charge on any atom is 0.271 e. The predicted octanol–water partition coefficient (Wildman–Crippen LogP) is 1.51. The van der Waals surface area contributed by atoms with Crippen molar-refractivity contribution in [3.05, 3.63) is 34.7 Å². The van der Waals surface area contributed by atoms with E-state index in [0.29, 0.717) is 18.1 Å². The molecule has 6 nitrogen and oxygen atoms in total. The van der Waals surface area contributed by atoms with Crippen LogP contribution in [0, 0.1) is 0 Å². The molecule has 0 radical (unpaired) electrons. The van der Waals surface area contributed by atoms with Crippen LogP contribution in [0.25, 0.3) is 0 Å². The van der Waals surface area contributed by atoms with Gasteiger partial charge in [-0.1, -0.05) is 6.92 Å². The molecule has 0 bridgehead atoms. The minimum atomic E-state index is -0.229. The Morgan fingerprint density at radius 1 is 1.47 bits per heavy atom. The molecule has 1 amide bonds. The van der Waals surface area contributed by atoms with Gasteiger partial charge < -0.3 is 10.6 Å². The van der Waals surface area contributed by atoms with Crippen molar-refractivity contribution in [2.45, 2.75) is 12.8 Å². The smallest absolute Gasteiger partial charge is 0.271 e. The molecule has 7 heteroatoms. The standard InChI is InChI=1S/C12H15N5OS/c1-8(12-15-3-4-19-12)5-16-11(18)9-6-14-7-10(13-2)17-9/h3-4,6-8H,5H2,1-2H3,(H,13,17)(H,16,18). The van der Waals surface area contributed by atoms with E-state index < -0.39 is 0 Å². The molecule has 100 valence electrons.